The third-order valence-electron chi connectivity index (χ3n) is 7.01. The van der Waals surface area contributed by atoms with Crippen molar-refractivity contribution in [1.29, 1.82) is 0 Å². The summed E-state index contributed by atoms with van der Waals surface area (Å²) >= 11 is 5.88. The van der Waals surface area contributed by atoms with Crippen LogP contribution in [-0.4, -0.2) is 47.8 Å². The number of nitrogens with one attached hydrogen (secondary N) is 2. The zero-order chi connectivity index (χ0) is 23.5. The summed E-state index contributed by atoms with van der Waals surface area (Å²) in [4.78, 5) is 22.4. The quantitative estimate of drug-likeness (QED) is 0.647. The van der Waals surface area contributed by atoms with Crippen LogP contribution in [0.1, 0.15) is 55.1 Å². The number of carbonyl (C=O) groups is 1. The van der Waals surface area contributed by atoms with E-state index in [-0.39, 0.29) is 23.0 Å². The van der Waals surface area contributed by atoms with E-state index < -0.39 is 11.9 Å². The molecule has 182 valence electrons. The van der Waals surface area contributed by atoms with Gasteiger partial charge in [-0.2, -0.15) is 4.98 Å². The third-order valence-corrected chi connectivity index (χ3v) is 7.32. The number of fused-ring (bicyclic) bond motifs is 1. The summed E-state index contributed by atoms with van der Waals surface area (Å²) in [7, 11) is 0. The Labute approximate surface area is 203 Å². The fourth-order valence-corrected chi connectivity index (χ4v) is 5.15. The molecule has 1 aromatic carbocycles. The molecular weight excluding hydrogens is 459 g/mol. The molecule has 34 heavy (non-hydrogen) atoms. The first-order valence-electron chi connectivity index (χ1n) is 12.1. The van der Waals surface area contributed by atoms with Gasteiger partial charge in [0.2, 0.25) is 5.88 Å². The number of aromatic nitrogens is 2. The Morgan fingerprint density at radius 3 is 2.88 bits per heavy atom. The van der Waals surface area contributed by atoms with Gasteiger partial charge in [-0.05, 0) is 68.7 Å². The molecule has 1 aromatic heterocycles. The molecule has 0 bridgehead atoms. The van der Waals surface area contributed by atoms with E-state index in [4.69, 9.17) is 21.1 Å². The van der Waals surface area contributed by atoms with Gasteiger partial charge in [0.1, 0.15) is 11.6 Å². The van der Waals surface area contributed by atoms with Crippen LogP contribution in [0.3, 0.4) is 0 Å². The second-order valence-electron chi connectivity index (χ2n) is 9.38. The van der Waals surface area contributed by atoms with Gasteiger partial charge in [-0.1, -0.05) is 17.7 Å². The maximum Gasteiger partial charge on any atom is 0.261 e. The first kappa shape index (κ1) is 23.5. The summed E-state index contributed by atoms with van der Waals surface area (Å²) in [6.07, 6.45) is 7.09. The average molecular weight is 489 g/mol. The minimum atomic E-state index is -0.653. The molecule has 0 radical (unpaired) electrons. The highest BCUT2D eigenvalue weighted by Crippen LogP contribution is 2.29. The minimum absolute atomic E-state index is 0.0220. The first-order chi connectivity index (χ1) is 16.6. The third kappa shape index (κ3) is 5.34. The molecule has 0 spiro atoms. The van der Waals surface area contributed by atoms with Crippen LogP contribution in [0.5, 0.6) is 5.88 Å². The highest BCUT2D eigenvalue weighted by atomic mass is 35.5. The lowest BCUT2D eigenvalue weighted by atomic mass is 9.96. The fourth-order valence-electron chi connectivity index (χ4n) is 5.04. The molecule has 2 N–H and O–H groups in total. The summed E-state index contributed by atoms with van der Waals surface area (Å²) < 4.78 is 25.7. The monoisotopic (exact) mass is 488 g/mol. The van der Waals surface area contributed by atoms with Crippen molar-refractivity contribution in [3.05, 3.63) is 52.2 Å². The molecule has 0 unspecified atom stereocenters. The van der Waals surface area contributed by atoms with Gasteiger partial charge in [-0.15, -0.1) is 0 Å². The number of rotatable bonds is 6. The zero-order valence-corrected chi connectivity index (χ0v) is 19.8. The van der Waals surface area contributed by atoms with Crippen molar-refractivity contribution in [2.45, 2.75) is 63.1 Å². The number of ether oxygens (including phenoxy) is 2. The number of halogens is 2. The van der Waals surface area contributed by atoms with E-state index in [0.717, 1.165) is 63.3 Å². The maximum atomic E-state index is 14.2. The average Bonchev–Trinajstić information content (AvgIpc) is 3.39. The van der Waals surface area contributed by atoms with E-state index >= 15 is 0 Å². The lowest BCUT2D eigenvalue weighted by Crippen LogP contribution is -2.47. The molecule has 7 nitrogen and oxygen atoms in total. The molecule has 5 rings (SSSR count). The van der Waals surface area contributed by atoms with Gasteiger partial charge in [-0.25, -0.2) is 9.37 Å². The van der Waals surface area contributed by atoms with Crippen LogP contribution in [0.15, 0.2) is 24.4 Å². The van der Waals surface area contributed by atoms with Crippen LogP contribution in [0.4, 0.5) is 4.39 Å². The van der Waals surface area contributed by atoms with E-state index in [1.165, 1.54) is 12.1 Å². The van der Waals surface area contributed by atoms with E-state index in [0.29, 0.717) is 30.2 Å². The molecule has 3 aliphatic heterocycles. The van der Waals surface area contributed by atoms with Crippen molar-refractivity contribution in [1.82, 2.24) is 20.6 Å². The predicted molar refractivity (Wildman–Crippen MR) is 125 cm³/mol. The van der Waals surface area contributed by atoms with Crippen molar-refractivity contribution < 1.29 is 18.7 Å². The highest BCUT2D eigenvalue weighted by Gasteiger charge is 2.33. The number of amides is 1. The molecule has 3 aliphatic rings. The summed E-state index contributed by atoms with van der Waals surface area (Å²) in [5.41, 5.74) is 1.61. The van der Waals surface area contributed by atoms with Gasteiger partial charge >= 0.3 is 0 Å². The second-order valence-corrected chi connectivity index (χ2v) is 9.79. The smallest absolute Gasteiger partial charge is 0.261 e. The van der Waals surface area contributed by atoms with Crippen LogP contribution in [0.25, 0.3) is 0 Å². The number of aryl methyl sites for hydroxylation is 1. The van der Waals surface area contributed by atoms with Crippen molar-refractivity contribution in [2.75, 3.05) is 19.8 Å². The van der Waals surface area contributed by atoms with Crippen LogP contribution in [0.2, 0.25) is 5.02 Å². The number of benzene rings is 1. The Balaban J connectivity index is 1.28. The molecule has 2 fully saturated rings. The van der Waals surface area contributed by atoms with Crippen LogP contribution >= 0.6 is 11.6 Å². The lowest BCUT2D eigenvalue weighted by molar-refractivity contribution is -0.129. The molecule has 0 aliphatic carbocycles. The van der Waals surface area contributed by atoms with Crippen LogP contribution < -0.4 is 15.4 Å². The lowest BCUT2D eigenvalue weighted by Gasteiger charge is -2.30. The summed E-state index contributed by atoms with van der Waals surface area (Å²) in [5, 5.41) is 6.59. The molecule has 0 saturated carbocycles. The Kier molecular flexibility index (Phi) is 7.27. The molecule has 2 aromatic rings. The Morgan fingerprint density at radius 2 is 2.12 bits per heavy atom. The maximum absolute atomic E-state index is 14.2. The molecule has 3 atom stereocenters. The molecular formula is C25H30ClFN4O3. The molecule has 9 heteroatoms. The summed E-state index contributed by atoms with van der Waals surface area (Å²) in [6.45, 7) is 2.43. The van der Waals surface area contributed by atoms with Gasteiger partial charge in [0.15, 0.2) is 6.10 Å². The molecule has 4 heterocycles. The zero-order valence-electron chi connectivity index (χ0n) is 19.1. The number of hydrogen-bond acceptors (Lipinski definition) is 6. The first-order valence-corrected chi connectivity index (χ1v) is 12.5. The summed E-state index contributed by atoms with van der Waals surface area (Å²) in [6, 6.07) is 4.35. The van der Waals surface area contributed by atoms with E-state index in [1.54, 1.807) is 6.07 Å². The van der Waals surface area contributed by atoms with Gasteiger partial charge in [0, 0.05) is 37.4 Å². The summed E-state index contributed by atoms with van der Waals surface area (Å²) in [5.74, 6) is 1.04. The normalized spacial score (nSPS) is 23.7. The molecule has 1 amide bonds. The van der Waals surface area contributed by atoms with E-state index in [2.05, 4.69) is 20.6 Å². The van der Waals surface area contributed by atoms with Crippen molar-refractivity contribution >= 4 is 17.5 Å². The SMILES string of the molecule is O=C(N[C@@H](c1ccc(Cl)c(F)c1)[C@H]1CCCN1)[C@H]1CCc2cnc(CC3CCOCC3)nc2O1. The van der Waals surface area contributed by atoms with Gasteiger partial charge in [-0.3, -0.25) is 4.79 Å². The second kappa shape index (κ2) is 10.5. The van der Waals surface area contributed by atoms with Crippen LogP contribution in [0, 0.1) is 11.7 Å². The van der Waals surface area contributed by atoms with Crippen LogP contribution in [-0.2, 0) is 22.4 Å². The van der Waals surface area contributed by atoms with E-state index in [9.17, 15) is 9.18 Å². The van der Waals surface area contributed by atoms with Gasteiger partial charge in [0.25, 0.3) is 5.91 Å². The topological polar surface area (TPSA) is 85.4 Å². The van der Waals surface area contributed by atoms with Crippen molar-refractivity contribution in [3.8, 4) is 5.88 Å². The van der Waals surface area contributed by atoms with Gasteiger partial charge < -0.3 is 20.1 Å². The highest BCUT2D eigenvalue weighted by molar-refractivity contribution is 6.30. The largest absolute Gasteiger partial charge is 0.464 e. The Hall–Kier alpha value is -2.29. The number of carbonyl (C=O) groups excluding carboxylic acids is 1. The Morgan fingerprint density at radius 1 is 1.26 bits per heavy atom. The minimum Gasteiger partial charge on any atom is -0.464 e. The number of nitrogens with zero attached hydrogens (tertiary/aromatic N) is 2. The fraction of sp³-hybridized carbons (Fsp3) is 0.560. The Bertz CT molecular complexity index is 1030. The standard InChI is InChI=1S/C25H30ClFN4O3/c26-18-5-3-16(13-19(18)27)23(20-2-1-9-28-20)31-24(32)21-6-4-17-14-29-22(30-25(17)34-21)12-15-7-10-33-11-8-15/h3,5,13-15,20-21,23,28H,1-2,4,6-12H2,(H,31,32)/t20-,21-,23+/m1/s1. The van der Waals surface area contributed by atoms with Crippen molar-refractivity contribution in [3.63, 3.8) is 0 Å². The predicted octanol–water partition coefficient (Wildman–Crippen LogP) is 3.54. The van der Waals surface area contributed by atoms with Crippen molar-refractivity contribution in [2.24, 2.45) is 5.92 Å². The van der Waals surface area contributed by atoms with Gasteiger partial charge in [0.05, 0.1) is 11.1 Å². The number of hydrogen-bond donors (Lipinski definition) is 2. The molecule has 2 saturated heterocycles. The van der Waals surface area contributed by atoms with E-state index in [1.807, 2.05) is 6.20 Å².